The Labute approximate surface area is 46.3 Å². The fraction of sp³-hybridized carbons (Fsp3) is 0. The first kappa shape index (κ1) is 9.81. The van der Waals surface area contributed by atoms with E-state index >= 15 is 0 Å². The molecule has 0 aromatic carbocycles. The first-order chi connectivity index (χ1) is 2.73. The third kappa shape index (κ3) is 151. The Morgan fingerprint density at radius 1 is 1.33 bits per heavy atom. The zero-order valence-corrected chi connectivity index (χ0v) is 5.63. The van der Waals surface area contributed by atoms with Gasteiger partial charge in [-0.25, -0.2) is 0 Å². The number of hydrogen-bond acceptors (Lipinski definition) is 2. The monoisotopic (exact) mass is 196 g/mol. The van der Waals surface area contributed by atoms with Gasteiger partial charge in [0, 0.05) is 0 Å². The molecule has 0 atom stereocenters. The zero-order valence-electron chi connectivity index (χ0n) is 2.62. The minimum absolute atomic E-state index is 0.700. The van der Waals surface area contributed by atoms with Crippen molar-refractivity contribution in [3.8, 4) is 0 Å². The van der Waals surface area contributed by atoms with Gasteiger partial charge in [0.25, 0.3) is 0 Å². The van der Waals surface area contributed by atoms with Crippen molar-refractivity contribution >= 4 is 8.25 Å². The van der Waals surface area contributed by atoms with Crippen molar-refractivity contribution in [3.05, 3.63) is 0 Å². The van der Waals surface area contributed by atoms with Crippen molar-refractivity contribution in [1.82, 2.24) is 0 Å². The molecule has 0 aromatic heterocycles. The Kier molecular flexibility index (Phi) is 15.0. The molecular formula is H3MoO4P. The van der Waals surface area contributed by atoms with Crippen LogP contribution in [0.3, 0.4) is 0 Å². The van der Waals surface area contributed by atoms with Crippen LogP contribution in [-0.2, 0) is 27.7 Å². The average Bonchev–Trinajstić information content (AvgIpc) is 1.41. The van der Waals surface area contributed by atoms with Gasteiger partial charge < -0.3 is 9.79 Å². The Morgan fingerprint density at radius 3 is 1.33 bits per heavy atom. The minimum atomic E-state index is -3.13. The van der Waals surface area contributed by atoms with E-state index in [4.69, 9.17) is 17.7 Å². The van der Waals surface area contributed by atoms with E-state index in [0.717, 1.165) is 0 Å². The Balaban J connectivity index is 0. The first-order valence-electron chi connectivity index (χ1n) is 0.818. The first-order valence-corrected chi connectivity index (χ1v) is 2.94. The summed E-state index contributed by atoms with van der Waals surface area (Å²) in [5.74, 6) is 0. The second kappa shape index (κ2) is 9.16. The molecule has 0 saturated heterocycles. The summed E-state index contributed by atoms with van der Waals surface area (Å²) in [6, 6.07) is 0. The van der Waals surface area contributed by atoms with Gasteiger partial charge >= 0.3 is 31.4 Å². The van der Waals surface area contributed by atoms with Crippen LogP contribution in [0.4, 0.5) is 0 Å². The molecule has 0 radical (unpaired) electrons. The summed E-state index contributed by atoms with van der Waals surface area (Å²) in [6.45, 7) is 0. The quantitative estimate of drug-likeness (QED) is 0.392. The van der Waals surface area contributed by atoms with Gasteiger partial charge in [0.2, 0.25) is 0 Å². The van der Waals surface area contributed by atoms with Crippen LogP contribution in [0.2, 0.25) is 0 Å². The average molecular weight is 194 g/mol. The summed E-state index contributed by atoms with van der Waals surface area (Å²) < 4.78 is 17.0. The van der Waals surface area contributed by atoms with E-state index in [1.54, 1.807) is 0 Å². The number of rotatable bonds is 0. The van der Waals surface area contributed by atoms with Crippen molar-refractivity contribution in [3.63, 3.8) is 0 Å². The standard InChI is InChI=1S/Mo.H3O3P.O/c;1-4(2)3;/h;4H,(H2,1,2,3);. The van der Waals surface area contributed by atoms with E-state index in [0.29, 0.717) is 19.8 Å². The van der Waals surface area contributed by atoms with E-state index in [9.17, 15) is 0 Å². The van der Waals surface area contributed by atoms with Crippen LogP contribution in [0.15, 0.2) is 0 Å². The van der Waals surface area contributed by atoms with Gasteiger partial charge in [0.1, 0.15) is 0 Å². The normalized spacial score (nSPS) is 6.50. The molecular weight excluding hydrogens is 191 g/mol. The summed E-state index contributed by atoms with van der Waals surface area (Å²) in [7, 11) is -3.13. The Bertz CT molecular complexity index is 38.8. The number of hydrogen-bond donors (Lipinski definition) is 2. The molecule has 0 heterocycles. The van der Waals surface area contributed by atoms with Crippen LogP contribution in [0.1, 0.15) is 0 Å². The summed E-state index contributed by atoms with van der Waals surface area (Å²) in [5, 5.41) is 0. The zero-order chi connectivity index (χ0) is 5.58. The molecule has 2 N–H and O–H groups in total. The molecule has 0 aliphatic carbocycles. The molecule has 0 aliphatic rings. The summed E-state index contributed by atoms with van der Waals surface area (Å²) in [4.78, 5) is 14.3. The molecule has 6 heavy (non-hydrogen) atoms. The molecule has 0 unspecified atom stereocenters. The van der Waals surface area contributed by atoms with Gasteiger partial charge in [-0.1, -0.05) is 0 Å². The molecule has 0 rings (SSSR count). The fourth-order valence-electron chi connectivity index (χ4n) is 0. The summed E-state index contributed by atoms with van der Waals surface area (Å²) in [6.07, 6.45) is 0. The van der Waals surface area contributed by atoms with Crippen LogP contribution >= 0.6 is 8.25 Å². The third-order valence-electron chi connectivity index (χ3n) is 0. The molecule has 0 aromatic rings. The SMILES string of the molecule is O=[PH](O)O.[O]=[Mo]. The van der Waals surface area contributed by atoms with Gasteiger partial charge in [-0.2, -0.15) is 0 Å². The van der Waals surface area contributed by atoms with Gasteiger partial charge in [-0.15, -0.1) is 0 Å². The molecule has 4 nitrogen and oxygen atoms in total. The maximum atomic E-state index is 8.74. The van der Waals surface area contributed by atoms with Gasteiger partial charge in [0.05, 0.1) is 0 Å². The Hall–Kier alpha value is 0.638. The molecule has 0 saturated carbocycles. The molecule has 6 heteroatoms. The maximum absolute atomic E-state index is 8.74. The second-order valence-electron chi connectivity index (χ2n) is 0.283. The van der Waals surface area contributed by atoms with Crippen LogP contribution in [0, 0.1) is 0 Å². The van der Waals surface area contributed by atoms with Gasteiger partial charge in [-0.05, 0) is 0 Å². The molecule has 0 fully saturated rings. The topological polar surface area (TPSA) is 74.6 Å². The van der Waals surface area contributed by atoms with Crippen molar-refractivity contribution in [2.75, 3.05) is 0 Å². The molecule has 0 spiro atoms. The van der Waals surface area contributed by atoms with E-state index < -0.39 is 8.25 Å². The second-order valence-corrected chi connectivity index (χ2v) is 0.848. The van der Waals surface area contributed by atoms with Crippen LogP contribution in [-0.4, -0.2) is 9.79 Å². The van der Waals surface area contributed by atoms with E-state index in [2.05, 4.69) is 0 Å². The summed E-state index contributed by atoms with van der Waals surface area (Å²) >= 11 is 0.700. The van der Waals surface area contributed by atoms with Crippen molar-refractivity contribution in [1.29, 1.82) is 0 Å². The van der Waals surface area contributed by atoms with E-state index in [-0.39, 0.29) is 0 Å². The predicted molar refractivity (Wildman–Crippen MR) is 14.1 cm³/mol. The third-order valence-corrected chi connectivity index (χ3v) is 0. The van der Waals surface area contributed by atoms with E-state index in [1.165, 1.54) is 0 Å². The Morgan fingerprint density at radius 2 is 1.33 bits per heavy atom. The van der Waals surface area contributed by atoms with Crippen LogP contribution in [0.5, 0.6) is 0 Å². The molecule has 0 aliphatic heterocycles. The van der Waals surface area contributed by atoms with Crippen molar-refractivity contribution < 1.29 is 37.5 Å². The van der Waals surface area contributed by atoms with Crippen molar-refractivity contribution in [2.24, 2.45) is 0 Å². The summed E-state index contributed by atoms with van der Waals surface area (Å²) in [5.41, 5.74) is 0. The molecule has 0 amide bonds. The fourth-order valence-corrected chi connectivity index (χ4v) is 0. The van der Waals surface area contributed by atoms with Crippen molar-refractivity contribution in [2.45, 2.75) is 0 Å². The van der Waals surface area contributed by atoms with Gasteiger partial charge in [0.15, 0.2) is 0 Å². The van der Waals surface area contributed by atoms with Crippen LogP contribution in [0.25, 0.3) is 0 Å². The van der Waals surface area contributed by atoms with Gasteiger partial charge in [-0.3, -0.25) is 4.57 Å². The van der Waals surface area contributed by atoms with E-state index in [1.807, 2.05) is 0 Å². The predicted octanol–water partition coefficient (Wildman–Crippen LogP) is -0.761. The van der Waals surface area contributed by atoms with Crippen LogP contribution < -0.4 is 0 Å². The molecule has 0 bridgehead atoms. The molecule has 38 valence electrons.